The smallest absolute Gasteiger partial charge is 0.314 e. The lowest BCUT2D eigenvalue weighted by atomic mass is 9.92. The van der Waals surface area contributed by atoms with E-state index in [0.29, 0.717) is 6.61 Å². The number of aliphatic carboxylic acids is 1. The first kappa shape index (κ1) is 11.6. The molecule has 1 aliphatic rings. The summed E-state index contributed by atoms with van der Waals surface area (Å²) in [5.74, 6) is -0.733. The molecule has 0 atom stereocenters. The number of benzene rings is 1. The van der Waals surface area contributed by atoms with Gasteiger partial charge in [-0.3, -0.25) is 4.79 Å². The molecular formula is C12H13BrO3. The van der Waals surface area contributed by atoms with Gasteiger partial charge < -0.3 is 9.84 Å². The van der Waals surface area contributed by atoms with E-state index in [1.165, 1.54) is 0 Å². The van der Waals surface area contributed by atoms with Crippen molar-refractivity contribution in [3.63, 3.8) is 0 Å². The van der Waals surface area contributed by atoms with E-state index in [1.807, 2.05) is 18.2 Å². The maximum atomic E-state index is 11.3. The SMILES string of the molecule is COCc1ccc(Br)cc1C1(C(=O)O)CC1. The molecule has 0 radical (unpaired) electrons. The highest BCUT2D eigenvalue weighted by Gasteiger charge is 2.52. The number of halogens is 1. The van der Waals surface area contributed by atoms with Crippen LogP contribution in [0.25, 0.3) is 0 Å². The molecule has 2 rings (SSSR count). The van der Waals surface area contributed by atoms with Gasteiger partial charge in [0, 0.05) is 11.6 Å². The lowest BCUT2D eigenvalue weighted by Gasteiger charge is -2.15. The minimum Gasteiger partial charge on any atom is -0.481 e. The quantitative estimate of drug-likeness (QED) is 0.925. The molecule has 0 aromatic heterocycles. The maximum Gasteiger partial charge on any atom is 0.314 e. The first-order valence-electron chi connectivity index (χ1n) is 5.11. The molecule has 0 amide bonds. The number of carboxylic acids is 1. The van der Waals surface area contributed by atoms with Crippen LogP contribution in [0.1, 0.15) is 24.0 Å². The molecule has 1 aromatic carbocycles. The van der Waals surface area contributed by atoms with Crippen molar-refractivity contribution in [1.82, 2.24) is 0 Å². The van der Waals surface area contributed by atoms with Gasteiger partial charge in [0.25, 0.3) is 0 Å². The molecule has 1 N–H and O–H groups in total. The molecule has 1 aliphatic carbocycles. The molecule has 0 unspecified atom stereocenters. The molecule has 16 heavy (non-hydrogen) atoms. The van der Waals surface area contributed by atoms with Crippen LogP contribution < -0.4 is 0 Å². The van der Waals surface area contributed by atoms with Gasteiger partial charge in [0.15, 0.2) is 0 Å². The fourth-order valence-electron chi connectivity index (χ4n) is 2.00. The fourth-order valence-corrected chi connectivity index (χ4v) is 2.36. The molecule has 0 heterocycles. The predicted octanol–water partition coefficient (Wildman–Crippen LogP) is 2.71. The summed E-state index contributed by atoms with van der Waals surface area (Å²) in [5.41, 5.74) is 1.18. The minimum atomic E-state index is -0.733. The zero-order chi connectivity index (χ0) is 11.8. The van der Waals surface area contributed by atoms with Gasteiger partial charge in [-0.2, -0.15) is 0 Å². The van der Waals surface area contributed by atoms with Crippen molar-refractivity contribution in [1.29, 1.82) is 0 Å². The summed E-state index contributed by atoms with van der Waals surface area (Å²) in [6.45, 7) is 0.456. The summed E-state index contributed by atoms with van der Waals surface area (Å²) in [5, 5.41) is 9.28. The van der Waals surface area contributed by atoms with Gasteiger partial charge in [0.2, 0.25) is 0 Å². The van der Waals surface area contributed by atoms with Crippen LogP contribution in [0, 0.1) is 0 Å². The van der Waals surface area contributed by atoms with Crippen LogP contribution in [0.5, 0.6) is 0 Å². The van der Waals surface area contributed by atoms with Crippen LogP contribution in [0.4, 0.5) is 0 Å². The summed E-state index contributed by atoms with van der Waals surface area (Å²) >= 11 is 3.38. The standard InChI is InChI=1S/C12H13BrO3/c1-16-7-8-2-3-9(13)6-10(8)12(4-5-12)11(14)15/h2-3,6H,4-5,7H2,1H3,(H,14,15). The molecule has 1 saturated carbocycles. The monoisotopic (exact) mass is 284 g/mol. The van der Waals surface area contributed by atoms with Gasteiger partial charge in [0.05, 0.1) is 12.0 Å². The second-order valence-corrected chi connectivity index (χ2v) is 5.04. The first-order chi connectivity index (χ1) is 7.60. The Morgan fingerprint density at radius 2 is 2.25 bits per heavy atom. The lowest BCUT2D eigenvalue weighted by Crippen LogP contribution is -2.21. The number of rotatable bonds is 4. The molecular weight excluding hydrogens is 272 g/mol. The van der Waals surface area contributed by atoms with E-state index in [1.54, 1.807) is 7.11 Å². The molecule has 4 heteroatoms. The van der Waals surface area contributed by atoms with Crippen LogP contribution in [-0.4, -0.2) is 18.2 Å². The molecule has 0 saturated heterocycles. The first-order valence-corrected chi connectivity index (χ1v) is 5.91. The molecule has 1 aromatic rings. The second-order valence-electron chi connectivity index (χ2n) is 4.12. The normalized spacial score (nSPS) is 17.1. The maximum absolute atomic E-state index is 11.3. The summed E-state index contributed by atoms with van der Waals surface area (Å²) < 4.78 is 6.01. The minimum absolute atomic E-state index is 0.456. The van der Waals surface area contributed by atoms with Gasteiger partial charge in [-0.05, 0) is 36.1 Å². The highest BCUT2D eigenvalue weighted by atomic mass is 79.9. The highest BCUT2D eigenvalue weighted by molar-refractivity contribution is 9.10. The van der Waals surface area contributed by atoms with Crippen molar-refractivity contribution in [2.75, 3.05) is 7.11 Å². The number of carboxylic acid groups (broad SMARTS) is 1. The molecule has 1 fully saturated rings. The largest absolute Gasteiger partial charge is 0.481 e. The van der Waals surface area contributed by atoms with Gasteiger partial charge in [-0.1, -0.05) is 22.0 Å². The van der Waals surface area contributed by atoms with Crippen molar-refractivity contribution in [3.8, 4) is 0 Å². The second kappa shape index (κ2) is 4.18. The van der Waals surface area contributed by atoms with E-state index in [4.69, 9.17) is 4.74 Å². The van der Waals surface area contributed by atoms with E-state index >= 15 is 0 Å². The third-order valence-electron chi connectivity index (χ3n) is 3.05. The Labute approximate surface area is 103 Å². The third-order valence-corrected chi connectivity index (χ3v) is 3.54. The van der Waals surface area contributed by atoms with Gasteiger partial charge >= 0.3 is 5.97 Å². The Hall–Kier alpha value is -0.870. The zero-order valence-corrected chi connectivity index (χ0v) is 10.6. The van der Waals surface area contributed by atoms with E-state index in [-0.39, 0.29) is 0 Å². The Morgan fingerprint density at radius 3 is 2.75 bits per heavy atom. The van der Waals surface area contributed by atoms with Crippen molar-refractivity contribution < 1.29 is 14.6 Å². The van der Waals surface area contributed by atoms with Gasteiger partial charge in [-0.25, -0.2) is 0 Å². The van der Waals surface area contributed by atoms with Crippen LogP contribution in [-0.2, 0) is 21.6 Å². The molecule has 3 nitrogen and oxygen atoms in total. The van der Waals surface area contributed by atoms with E-state index < -0.39 is 11.4 Å². The fraction of sp³-hybridized carbons (Fsp3) is 0.417. The number of ether oxygens (including phenoxy) is 1. The Kier molecular flexibility index (Phi) is 3.04. The van der Waals surface area contributed by atoms with Crippen molar-refractivity contribution in [2.24, 2.45) is 0 Å². The number of methoxy groups -OCH3 is 1. The summed E-state index contributed by atoms with van der Waals surface area (Å²) in [6.07, 6.45) is 1.44. The van der Waals surface area contributed by atoms with E-state index in [2.05, 4.69) is 15.9 Å². The average molecular weight is 285 g/mol. The van der Waals surface area contributed by atoms with Crippen LogP contribution >= 0.6 is 15.9 Å². The summed E-state index contributed by atoms with van der Waals surface area (Å²) in [7, 11) is 1.62. The zero-order valence-electron chi connectivity index (χ0n) is 9.00. The Bertz CT molecular complexity index is 424. The van der Waals surface area contributed by atoms with Crippen LogP contribution in [0.2, 0.25) is 0 Å². The van der Waals surface area contributed by atoms with Gasteiger partial charge in [-0.15, -0.1) is 0 Å². The topological polar surface area (TPSA) is 46.5 Å². The number of hydrogen-bond donors (Lipinski definition) is 1. The molecule has 0 bridgehead atoms. The van der Waals surface area contributed by atoms with Crippen molar-refractivity contribution in [3.05, 3.63) is 33.8 Å². The molecule has 0 aliphatic heterocycles. The van der Waals surface area contributed by atoms with Gasteiger partial charge in [0.1, 0.15) is 0 Å². The highest BCUT2D eigenvalue weighted by Crippen LogP contribution is 2.50. The average Bonchev–Trinajstić information content (AvgIpc) is 3.02. The van der Waals surface area contributed by atoms with Crippen LogP contribution in [0.15, 0.2) is 22.7 Å². The number of hydrogen-bond acceptors (Lipinski definition) is 2. The lowest BCUT2D eigenvalue weighted by molar-refractivity contribution is -0.140. The predicted molar refractivity (Wildman–Crippen MR) is 63.4 cm³/mol. The van der Waals surface area contributed by atoms with E-state index in [9.17, 15) is 9.90 Å². The molecule has 86 valence electrons. The third kappa shape index (κ3) is 1.87. The number of carbonyl (C=O) groups is 1. The Morgan fingerprint density at radius 1 is 1.56 bits per heavy atom. The van der Waals surface area contributed by atoms with Crippen molar-refractivity contribution in [2.45, 2.75) is 24.9 Å². The summed E-state index contributed by atoms with van der Waals surface area (Å²) in [4.78, 5) is 11.3. The van der Waals surface area contributed by atoms with Crippen LogP contribution in [0.3, 0.4) is 0 Å². The Balaban J connectivity index is 2.45. The van der Waals surface area contributed by atoms with E-state index in [0.717, 1.165) is 28.4 Å². The van der Waals surface area contributed by atoms with Crippen molar-refractivity contribution >= 4 is 21.9 Å². The summed E-state index contributed by atoms with van der Waals surface area (Å²) in [6, 6.07) is 5.73. The molecule has 0 spiro atoms.